The van der Waals surface area contributed by atoms with Crippen molar-refractivity contribution in [2.75, 3.05) is 6.61 Å². The van der Waals surface area contributed by atoms with Crippen LogP contribution in [0.5, 0.6) is 5.75 Å². The molecule has 0 spiro atoms. The summed E-state index contributed by atoms with van der Waals surface area (Å²) in [6.07, 6.45) is 9.72. The second-order valence-corrected chi connectivity index (χ2v) is 4.48. The Balaban J connectivity index is 1.88. The summed E-state index contributed by atoms with van der Waals surface area (Å²) >= 11 is 0. The molecule has 22 heavy (non-hydrogen) atoms. The van der Waals surface area contributed by atoms with Crippen molar-refractivity contribution in [3.05, 3.63) is 60.3 Å². The van der Waals surface area contributed by atoms with Gasteiger partial charge in [0.25, 0.3) is 0 Å². The van der Waals surface area contributed by atoms with E-state index in [-0.39, 0.29) is 18.2 Å². The standard InChI is InChI=1S/C18H12O4/c1-2-10-21-16-6-3-7-17-14(16)12-18(22-17)15(19)9-8-13-5-4-11-20-13/h1,3-9,11-12H,10H2/b9-8+. The van der Waals surface area contributed by atoms with Gasteiger partial charge in [0.2, 0.25) is 5.78 Å². The van der Waals surface area contributed by atoms with E-state index in [0.717, 1.165) is 0 Å². The van der Waals surface area contributed by atoms with Crippen LogP contribution >= 0.6 is 0 Å². The lowest BCUT2D eigenvalue weighted by Crippen LogP contribution is -1.93. The number of benzene rings is 1. The number of hydrogen-bond donors (Lipinski definition) is 0. The van der Waals surface area contributed by atoms with E-state index in [0.29, 0.717) is 22.5 Å². The molecule has 0 atom stereocenters. The predicted octanol–water partition coefficient (Wildman–Crippen LogP) is 3.93. The van der Waals surface area contributed by atoms with E-state index in [1.807, 2.05) is 0 Å². The quantitative estimate of drug-likeness (QED) is 0.406. The number of furan rings is 2. The van der Waals surface area contributed by atoms with E-state index >= 15 is 0 Å². The number of carbonyl (C=O) groups excluding carboxylic acids is 1. The van der Waals surface area contributed by atoms with Crippen LogP contribution in [0.4, 0.5) is 0 Å². The summed E-state index contributed by atoms with van der Waals surface area (Å²) in [6, 6.07) is 10.5. The Morgan fingerprint density at radius 1 is 1.32 bits per heavy atom. The van der Waals surface area contributed by atoms with E-state index in [4.69, 9.17) is 20.0 Å². The average molecular weight is 292 g/mol. The summed E-state index contributed by atoms with van der Waals surface area (Å²) in [7, 11) is 0. The molecule has 3 aromatic rings. The molecule has 0 bridgehead atoms. The molecule has 0 radical (unpaired) electrons. The predicted molar refractivity (Wildman–Crippen MR) is 82.6 cm³/mol. The zero-order valence-electron chi connectivity index (χ0n) is 11.6. The molecule has 0 aliphatic heterocycles. The minimum atomic E-state index is -0.254. The maximum atomic E-state index is 12.1. The molecule has 0 N–H and O–H groups in total. The molecular weight excluding hydrogens is 280 g/mol. The van der Waals surface area contributed by atoms with Crippen LogP contribution in [0.1, 0.15) is 16.3 Å². The molecule has 3 rings (SSSR count). The van der Waals surface area contributed by atoms with Crippen molar-refractivity contribution in [2.45, 2.75) is 0 Å². The monoisotopic (exact) mass is 292 g/mol. The van der Waals surface area contributed by atoms with E-state index in [2.05, 4.69) is 5.92 Å². The van der Waals surface area contributed by atoms with Gasteiger partial charge in [-0.25, -0.2) is 0 Å². The Morgan fingerprint density at radius 3 is 3.00 bits per heavy atom. The van der Waals surface area contributed by atoms with Crippen molar-refractivity contribution < 1.29 is 18.4 Å². The Bertz CT molecular complexity index is 860. The Morgan fingerprint density at radius 2 is 2.23 bits per heavy atom. The molecule has 0 unspecified atom stereocenters. The molecule has 0 aliphatic rings. The highest BCUT2D eigenvalue weighted by molar-refractivity contribution is 6.07. The normalized spacial score (nSPS) is 10.9. The van der Waals surface area contributed by atoms with Crippen LogP contribution in [-0.2, 0) is 0 Å². The number of fused-ring (bicyclic) bond motifs is 1. The molecule has 2 heterocycles. The summed E-state index contributed by atoms with van der Waals surface area (Å²) in [6.45, 7) is 0.159. The maximum absolute atomic E-state index is 12.1. The van der Waals surface area contributed by atoms with Gasteiger partial charge in [0.05, 0.1) is 11.6 Å². The van der Waals surface area contributed by atoms with Gasteiger partial charge < -0.3 is 13.6 Å². The fourth-order valence-electron chi connectivity index (χ4n) is 2.03. The van der Waals surface area contributed by atoms with E-state index in [1.54, 1.807) is 48.7 Å². The third-order valence-electron chi connectivity index (χ3n) is 3.02. The largest absolute Gasteiger partial charge is 0.480 e. The topological polar surface area (TPSA) is 52.6 Å². The fourth-order valence-corrected chi connectivity index (χ4v) is 2.03. The van der Waals surface area contributed by atoms with Gasteiger partial charge in [-0.15, -0.1) is 6.42 Å². The van der Waals surface area contributed by atoms with Crippen LogP contribution in [0.15, 0.2) is 57.6 Å². The SMILES string of the molecule is C#CCOc1cccc2oc(C(=O)/C=C/c3ccco3)cc12. The number of terminal acetylenes is 1. The van der Waals surface area contributed by atoms with Crippen LogP contribution in [0.2, 0.25) is 0 Å². The molecule has 0 saturated heterocycles. The number of hydrogen-bond acceptors (Lipinski definition) is 4. The van der Waals surface area contributed by atoms with Crippen LogP contribution in [0.3, 0.4) is 0 Å². The van der Waals surface area contributed by atoms with E-state index in [9.17, 15) is 4.79 Å². The average Bonchev–Trinajstić information content (AvgIpc) is 3.19. The highest BCUT2D eigenvalue weighted by atomic mass is 16.5. The van der Waals surface area contributed by atoms with Gasteiger partial charge in [-0.1, -0.05) is 12.0 Å². The summed E-state index contributed by atoms with van der Waals surface area (Å²) in [5, 5.41) is 0.715. The minimum absolute atomic E-state index is 0.159. The second kappa shape index (κ2) is 6.06. The third kappa shape index (κ3) is 2.79. The Kier molecular flexibility index (Phi) is 3.80. The van der Waals surface area contributed by atoms with Gasteiger partial charge in [0, 0.05) is 0 Å². The second-order valence-electron chi connectivity index (χ2n) is 4.48. The molecule has 4 nitrogen and oxygen atoms in total. The summed E-state index contributed by atoms with van der Waals surface area (Å²) in [5.41, 5.74) is 0.573. The molecule has 0 fully saturated rings. The number of rotatable bonds is 5. The number of ether oxygens (including phenoxy) is 1. The van der Waals surface area contributed by atoms with Gasteiger partial charge in [0.15, 0.2) is 5.76 Å². The first-order valence-electron chi connectivity index (χ1n) is 6.62. The van der Waals surface area contributed by atoms with E-state index in [1.165, 1.54) is 6.08 Å². The molecule has 1 aromatic carbocycles. The van der Waals surface area contributed by atoms with Gasteiger partial charge in [-0.05, 0) is 42.5 Å². The van der Waals surface area contributed by atoms with Gasteiger partial charge >= 0.3 is 0 Å². The third-order valence-corrected chi connectivity index (χ3v) is 3.02. The van der Waals surface area contributed by atoms with Gasteiger partial charge in [-0.3, -0.25) is 4.79 Å². The zero-order valence-corrected chi connectivity index (χ0v) is 11.6. The van der Waals surface area contributed by atoms with E-state index < -0.39 is 0 Å². The molecule has 0 amide bonds. The van der Waals surface area contributed by atoms with Crippen LogP contribution in [-0.4, -0.2) is 12.4 Å². The number of carbonyl (C=O) groups is 1. The van der Waals surface area contributed by atoms with Crippen molar-refractivity contribution in [1.29, 1.82) is 0 Å². The smallest absolute Gasteiger partial charge is 0.221 e. The summed E-state index contributed by atoms with van der Waals surface area (Å²) in [5.74, 6) is 3.57. The van der Waals surface area contributed by atoms with Crippen LogP contribution in [0.25, 0.3) is 17.0 Å². The van der Waals surface area contributed by atoms with Crippen molar-refractivity contribution in [2.24, 2.45) is 0 Å². The Hall–Kier alpha value is -3.19. The molecule has 2 aromatic heterocycles. The lowest BCUT2D eigenvalue weighted by Gasteiger charge is -2.01. The van der Waals surface area contributed by atoms with Crippen molar-refractivity contribution in [1.82, 2.24) is 0 Å². The van der Waals surface area contributed by atoms with Crippen LogP contribution < -0.4 is 4.74 Å². The lowest BCUT2D eigenvalue weighted by molar-refractivity contribution is 0.102. The zero-order chi connectivity index (χ0) is 15.4. The minimum Gasteiger partial charge on any atom is -0.480 e. The molecule has 4 heteroatoms. The van der Waals surface area contributed by atoms with Gasteiger partial charge in [-0.2, -0.15) is 0 Å². The van der Waals surface area contributed by atoms with Gasteiger partial charge in [0.1, 0.15) is 23.7 Å². The first-order chi connectivity index (χ1) is 10.8. The van der Waals surface area contributed by atoms with Crippen molar-refractivity contribution in [3.8, 4) is 18.1 Å². The molecule has 0 saturated carbocycles. The highest BCUT2D eigenvalue weighted by Crippen LogP contribution is 2.29. The summed E-state index contributed by atoms with van der Waals surface area (Å²) < 4.78 is 16.1. The first-order valence-corrected chi connectivity index (χ1v) is 6.62. The lowest BCUT2D eigenvalue weighted by atomic mass is 10.2. The first kappa shape index (κ1) is 13.8. The molecular formula is C18H12O4. The number of allylic oxidation sites excluding steroid dienone is 1. The maximum Gasteiger partial charge on any atom is 0.221 e. The highest BCUT2D eigenvalue weighted by Gasteiger charge is 2.13. The summed E-state index contributed by atoms with van der Waals surface area (Å²) in [4.78, 5) is 12.1. The van der Waals surface area contributed by atoms with Crippen molar-refractivity contribution >= 4 is 22.8 Å². The van der Waals surface area contributed by atoms with Crippen molar-refractivity contribution in [3.63, 3.8) is 0 Å². The molecule has 0 aliphatic carbocycles. The number of ketones is 1. The molecule has 108 valence electrons. The fraction of sp³-hybridized carbons (Fsp3) is 0.0556. The Labute approximate surface area is 127 Å². The van der Waals surface area contributed by atoms with Crippen LogP contribution in [0, 0.1) is 12.3 Å².